The summed E-state index contributed by atoms with van der Waals surface area (Å²) in [5.74, 6) is 0. The van der Waals surface area contributed by atoms with Crippen molar-refractivity contribution in [2.75, 3.05) is 0 Å². The molecule has 4 aromatic heterocycles. The second kappa shape index (κ2) is 17.9. The Morgan fingerprint density at radius 2 is 1.07 bits per heavy atom. The largest absolute Gasteiger partial charge is 0.358 e. The van der Waals surface area contributed by atoms with E-state index in [1.165, 1.54) is 111 Å². The molecule has 0 saturated carbocycles. The number of nitrogens with zero attached hydrogens (tertiary/aromatic N) is 1. The standard InChI is InChI=1S/C12H12.C11H13N.C10H11N.C10H10S.C9H12S/c1-9-7-11-5-3-4-6-12(11)8-10(9)2;1-8-9(2)12(3)11-7-5-4-6-10(8)11;2*1-7-8(2)11-10-6-4-3-5-9(7)10;1-6-7(2)10-9-5-3-4-8(6)9/h3-8H,1-2H3;4-7H,1-3H3;3-6,11H,1-2H3;3-6H,1-2H3;3-5H2,1-2H3. The van der Waals surface area contributed by atoms with Crippen molar-refractivity contribution < 1.29 is 0 Å². The first-order chi connectivity index (χ1) is 26.8. The highest BCUT2D eigenvalue weighted by atomic mass is 32.1. The Morgan fingerprint density at radius 3 is 1.68 bits per heavy atom. The second-order valence-electron chi connectivity index (χ2n) is 15.3. The minimum absolute atomic E-state index is 1.24. The fraction of sp³-hybridized carbons (Fsp3) is 0.269. The molecular weight excluding hydrogens is 717 g/mol. The third-order valence-corrected chi connectivity index (χ3v) is 14.3. The third kappa shape index (κ3) is 8.88. The van der Waals surface area contributed by atoms with Crippen LogP contribution in [0.4, 0.5) is 0 Å². The maximum absolute atomic E-state index is 3.33. The van der Waals surface area contributed by atoms with Gasteiger partial charge in [-0.15, -0.1) is 22.7 Å². The molecule has 4 heterocycles. The van der Waals surface area contributed by atoms with Crippen molar-refractivity contribution in [2.45, 2.75) is 88.5 Å². The van der Waals surface area contributed by atoms with Gasteiger partial charge in [0.25, 0.3) is 0 Å². The Labute approximate surface area is 342 Å². The average Bonchev–Trinajstić information content (AvgIpc) is 3.98. The van der Waals surface area contributed by atoms with Gasteiger partial charge in [0, 0.05) is 59.6 Å². The van der Waals surface area contributed by atoms with Gasteiger partial charge in [0.2, 0.25) is 0 Å². The van der Waals surface area contributed by atoms with Gasteiger partial charge in [-0.25, -0.2) is 0 Å². The zero-order valence-corrected chi connectivity index (χ0v) is 36.9. The summed E-state index contributed by atoms with van der Waals surface area (Å²) in [6, 6.07) is 38.4. The van der Waals surface area contributed by atoms with Crippen molar-refractivity contribution in [1.82, 2.24) is 9.55 Å². The molecule has 5 aromatic carbocycles. The van der Waals surface area contributed by atoms with Crippen LogP contribution in [-0.2, 0) is 19.9 Å². The summed E-state index contributed by atoms with van der Waals surface area (Å²) in [6.45, 7) is 21.8. The normalized spacial score (nSPS) is 11.6. The summed E-state index contributed by atoms with van der Waals surface area (Å²) in [7, 11) is 2.12. The number of thiophene rings is 2. The number of aryl methyl sites for hydroxylation is 10. The first-order valence-corrected chi connectivity index (χ1v) is 21.5. The number of aromatic amines is 1. The molecule has 0 radical (unpaired) electrons. The molecule has 288 valence electrons. The van der Waals surface area contributed by atoms with E-state index in [2.05, 4.69) is 195 Å². The van der Waals surface area contributed by atoms with Gasteiger partial charge in [0.1, 0.15) is 0 Å². The molecule has 0 aliphatic heterocycles. The minimum Gasteiger partial charge on any atom is -0.358 e. The molecule has 0 fully saturated rings. The number of H-pyrrole nitrogens is 1. The summed E-state index contributed by atoms with van der Waals surface area (Å²) >= 11 is 3.88. The van der Waals surface area contributed by atoms with Crippen molar-refractivity contribution in [3.8, 4) is 0 Å². The van der Waals surface area contributed by atoms with Gasteiger partial charge in [0.05, 0.1) is 0 Å². The van der Waals surface area contributed by atoms with Gasteiger partial charge < -0.3 is 9.55 Å². The zero-order valence-electron chi connectivity index (χ0n) is 35.3. The van der Waals surface area contributed by atoms with E-state index in [-0.39, 0.29) is 0 Å². The lowest BCUT2D eigenvalue weighted by Crippen LogP contribution is -1.89. The number of aromatic nitrogens is 2. The third-order valence-electron chi connectivity index (χ3n) is 11.8. The highest BCUT2D eigenvalue weighted by Crippen LogP contribution is 2.34. The first-order valence-electron chi connectivity index (χ1n) is 19.9. The number of rotatable bonds is 0. The van der Waals surface area contributed by atoms with Gasteiger partial charge in [0.15, 0.2) is 0 Å². The van der Waals surface area contributed by atoms with Crippen LogP contribution in [-0.4, -0.2) is 9.55 Å². The smallest absolute Gasteiger partial charge is 0.0482 e. The number of benzene rings is 5. The van der Waals surface area contributed by atoms with Crippen LogP contribution in [0.3, 0.4) is 0 Å². The Kier molecular flexibility index (Phi) is 13.0. The van der Waals surface area contributed by atoms with Gasteiger partial charge in [-0.2, -0.15) is 0 Å². The lowest BCUT2D eigenvalue weighted by molar-refractivity contribution is 0.910. The maximum atomic E-state index is 3.33. The predicted octanol–water partition coefficient (Wildman–Crippen LogP) is 15.4. The van der Waals surface area contributed by atoms with Crippen LogP contribution < -0.4 is 0 Å². The predicted molar refractivity (Wildman–Crippen MR) is 251 cm³/mol. The summed E-state index contributed by atoms with van der Waals surface area (Å²) in [4.78, 5) is 7.96. The fourth-order valence-electron chi connectivity index (χ4n) is 7.59. The number of hydrogen-bond acceptors (Lipinski definition) is 2. The summed E-state index contributed by atoms with van der Waals surface area (Å²) in [5, 5.41) is 6.79. The molecule has 1 aliphatic rings. The van der Waals surface area contributed by atoms with Crippen LogP contribution in [0.1, 0.15) is 71.4 Å². The average molecular weight is 775 g/mol. The van der Waals surface area contributed by atoms with Crippen molar-refractivity contribution in [2.24, 2.45) is 7.05 Å². The van der Waals surface area contributed by atoms with Crippen LogP contribution in [0.2, 0.25) is 0 Å². The molecule has 0 bridgehead atoms. The van der Waals surface area contributed by atoms with Crippen molar-refractivity contribution in [1.29, 1.82) is 0 Å². The monoisotopic (exact) mass is 774 g/mol. The van der Waals surface area contributed by atoms with E-state index in [9.17, 15) is 0 Å². The van der Waals surface area contributed by atoms with Gasteiger partial charge >= 0.3 is 0 Å². The van der Waals surface area contributed by atoms with E-state index < -0.39 is 0 Å². The Hall–Kier alpha value is -4.90. The van der Waals surface area contributed by atoms with Crippen molar-refractivity contribution in [3.05, 3.63) is 174 Å². The van der Waals surface area contributed by atoms with E-state index >= 15 is 0 Å². The number of fused-ring (bicyclic) bond motifs is 5. The number of hydrogen-bond donors (Lipinski definition) is 1. The quantitative estimate of drug-likeness (QED) is 0.158. The Bertz CT molecular complexity index is 2590. The molecule has 0 amide bonds. The molecule has 0 unspecified atom stereocenters. The van der Waals surface area contributed by atoms with Gasteiger partial charge in [-0.05, 0) is 162 Å². The summed E-state index contributed by atoms with van der Waals surface area (Å²) in [6.07, 6.45) is 4.07. The van der Waals surface area contributed by atoms with Crippen LogP contribution in [0.25, 0.3) is 42.7 Å². The van der Waals surface area contributed by atoms with E-state index in [0.29, 0.717) is 0 Å². The summed E-state index contributed by atoms with van der Waals surface area (Å²) < 4.78 is 3.65. The van der Waals surface area contributed by atoms with Gasteiger partial charge in [-0.1, -0.05) is 91.0 Å². The second-order valence-corrected chi connectivity index (χ2v) is 17.9. The van der Waals surface area contributed by atoms with E-state index in [0.717, 1.165) is 0 Å². The minimum atomic E-state index is 1.24. The van der Waals surface area contributed by atoms with Crippen molar-refractivity contribution >= 4 is 65.3 Å². The molecule has 1 aliphatic carbocycles. The molecule has 4 heteroatoms. The topological polar surface area (TPSA) is 20.7 Å². The summed E-state index contributed by atoms with van der Waals surface area (Å²) in [5.41, 5.74) is 15.4. The van der Waals surface area contributed by atoms with E-state index in [1.54, 1.807) is 16.0 Å². The van der Waals surface area contributed by atoms with Crippen LogP contribution >= 0.6 is 22.7 Å². The Balaban J connectivity index is 0.000000119. The lowest BCUT2D eigenvalue weighted by atomic mass is 10.0. The molecule has 10 rings (SSSR count). The molecule has 0 spiro atoms. The van der Waals surface area contributed by atoms with Crippen LogP contribution in [0.5, 0.6) is 0 Å². The van der Waals surface area contributed by atoms with Crippen LogP contribution in [0.15, 0.2) is 109 Å². The van der Waals surface area contributed by atoms with Crippen molar-refractivity contribution in [3.63, 3.8) is 0 Å². The lowest BCUT2D eigenvalue weighted by Gasteiger charge is -2.02. The molecule has 0 atom stereocenters. The first kappa shape index (κ1) is 40.8. The Morgan fingerprint density at radius 1 is 0.518 bits per heavy atom. The fourth-order valence-corrected chi connectivity index (χ4v) is 9.93. The number of nitrogens with one attached hydrogen (secondary N) is 1. The SMILES string of the molecule is Cc1[nH]c2ccccc2c1C.Cc1c(C)n(C)c2ccccc12.Cc1cc2ccccc2cc1C.Cc1sc2c(c1C)CCC2.Cc1sc2ccccc2c1C. The van der Waals surface area contributed by atoms with E-state index in [1.807, 2.05) is 22.7 Å². The molecule has 1 N–H and O–H groups in total. The zero-order chi connectivity index (χ0) is 40.1. The molecule has 56 heavy (non-hydrogen) atoms. The molecular formula is C52H58N2S2. The van der Waals surface area contributed by atoms with Gasteiger partial charge in [-0.3, -0.25) is 0 Å². The molecule has 0 saturated heterocycles. The molecule has 2 nitrogen and oxygen atoms in total. The highest BCUT2D eigenvalue weighted by molar-refractivity contribution is 7.19. The van der Waals surface area contributed by atoms with E-state index in [4.69, 9.17) is 0 Å². The number of para-hydroxylation sites is 2. The highest BCUT2D eigenvalue weighted by Gasteiger charge is 2.16. The maximum Gasteiger partial charge on any atom is 0.0482 e. The molecule has 9 aromatic rings. The van der Waals surface area contributed by atoms with Crippen LogP contribution in [0, 0.1) is 69.2 Å².